The SMILES string of the molecule is CN(C/C=C/c1ccc(Cl)cc1)Cc1ccc2c(c1)OCCC2.Cl. The summed E-state index contributed by atoms with van der Waals surface area (Å²) < 4.78 is 5.75. The molecule has 2 aromatic rings. The number of hydrogen-bond donors (Lipinski definition) is 0. The van der Waals surface area contributed by atoms with Gasteiger partial charge >= 0.3 is 0 Å². The van der Waals surface area contributed by atoms with E-state index < -0.39 is 0 Å². The second kappa shape index (κ2) is 9.12. The minimum atomic E-state index is 0. The van der Waals surface area contributed by atoms with E-state index in [4.69, 9.17) is 16.3 Å². The fourth-order valence-electron chi connectivity index (χ4n) is 2.80. The van der Waals surface area contributed by atoms with Gasteiger partial charge in [0.15, 0.2) is 0 Å². The van der Waals surface area contributed by atoms with Gasteiger partial charge in [-0.2, -0.15) is 0 Å². The van der Waals surface area contributed by atoms with Crippen LogP contribution in [-0.2, 0) is 13.0 Å². The summed E-state index contributed by atoms with van der Waals surface area (Å²) in [6.45, 7) is 2.66. The highest BCUT2D eigenvalue weighted by Crippen LogP contribution is 2.26. The molecule has 24 heavy (non-hydrogen) atoms. The molecular weight excluding hydrogens is 341 g/mol. The second-order valence-electron chi connectivity index (χ2n) is 6.04. The average molecular weight is 364 g/mol. The Morgan fingerprint density at radius 3 is 2.75 bits per heavy atom. The fraction of sp³-hybridized carbons (Fsp3) is 0.300. The van der Waals surface area contributed by atoms with Gasteiger partial charge in [-0.3, -0.25) is 4.90 Å². The van der Waals surface area contributed by atoms with E-state index in [1.165, 1.54) is 16.7 Å². The van der Waals surface area contributed by atoms with Crippen molar-refractivity contribution in [3.8, 4) is 5.75 Å². The Bertz CT molecular complexity index is 683. The first-order valence-electron chi connectivity index (χ1n) is 8.06. The van der Waals surface area contributed by atoms with E-state index in [0.29, 0.717) is 0 Å². The summed E-state index contributed by atoms with van der Waals surface area (Å²) in [4.78, 5) is 2.29. The van der Waals surface area contributed by atoms with Crippen LogP contribution in [0, 0.1) is 0 Å². The smallest absolute Gasteiger partial charge is 0.122 e. The molecule has 4 heteroatoms. The topological polar surface area (TPSA) is 12.5 Å². The largest absolute Gasteiger partial charge is 0.493 e. The Balaban J connectivity index is 0.00000208. The van der Waals surface area contributed by atoms with Crippen LogP contribution in [0.3, 0.4) is 0 Å². The van der Waals surface area contributed by atoms with Crippen LogP contribution in [-0.4, -0.2) is 25.1 Å². The number of fused-ring (bicyclic) bond motifs is 1. The summed E-state index contributed by atoms with van der Waals surface area (Å²) in [6, 6.07) is 14.5. The lowest BCUT2D eigenvalue weighted by molar-refractivity contribution is 0.287. The van der Waals surface area contributed by atoms with E-state index >= 15 is 0 Å². The van der Waals surface area contributed by atoms with Crippen LogP contribution >= 0.6 is 24.0 Å². The van der Waals surface area contributed by atoms with E-state index in [2.05, 4.69) is 42.3 Å². The molecule has 0 saturated heterocycles. The van der Waals surface area contributed by atoms with Gasteiger partial charge in [0, 0.05) is 18.1 Å². The highest BCUT2D eigenvalue weighted by Gasteiger charge is 2.10. The van der Waals surface area contributed by atoms with Gasteiger partial charge in [-0.25, -0.2) is 0 Å². The fourth-order valence-corrected chi connectivity index (χ4v) is 2.93. The van der Waals surface area contributed by atoms with Crippen LogP contribution in [0.15, 0.2) is 48.5 Å². The zero-order valence-electron chi connectivity index (χ0n) is 13.9. The summed E-state index contributed by atoms with van der Waals surface area (Å²) in [7, 11) is 2.13. The highest BCUT2D eigenvalue weighted by atomic mass is 35.5. The standard InChI is InChI=1S/C20H22ClNO.ClH/c1-22(12-2-4-16-7-10-19(21)11-8-16)15-17-6-9-18-5-3-13-23-20(18)14-17;/h2,4,6-11,14H,3,5,12-13,15H2,1H3;1H/b4-2+;. The van der Waals surface area contributed by atoms with Gasteiger partial charge < -0.3 is 4.74 Å². The number of hydrogen-bond acceptors (Lipinski definition) is 2. The zero-order chi connectivity index (χ0) is 16.1. The van der Waals surface area contributed by atoms with Crippen molar-refractivity contribution in [1.82, 2.24) is 4.90 Å². The molecule has 0 atom stereocenters. The van der Waals surface area contributed by atoms with Gasteiger partial charge in [0.25, 0.3) is 0 Å². The maximum absolute atomic E-state index is 5.89. The van der Waals surface area contributed by atoms with E-state index in [1.54, 1.807) is 0 Å². The monoisotopic (exact) mass is 363 g/mol. The second-order valence-corrected chi connectivity index (χ2v) is 6.48. The maximum atomic E-state index is 5.89. The lowest BCUT2D eigenvalue weighted by Gasteiger charge is -2.20. The molecule has 1 aliphatic rings. The van der Waals surface area contributed by atoms with Gasteiger partial charge in [0.1, 0.15) is 5.75 Å². The van der Waals surface area contributed by atoms with Crippen molar-refractivity contribution >= 4 is 30.1 Å². The van der Waals surface area contributed by atoms with Crippen molar-refractivity contribution in [2.45, 2.75) is 19.4 Å². The Labute approximate surface area is 155 Å². The molecule has 1 aliphatic heterocycles. The quantitative estimate of drug-likeness (QED) is 0.720. The van der Waals surface area contributed by atoms with Crippen LogP contribution < -0.4 is 4.74 Å². The third kappa shape index (κ3) is 5.27. The molecular formula is C20H23Cl2NO. The third-order valence-electron chi connectivity index (χ3n) is 4.03. The molecule has 0 aliphatic carbocycles. The number of nitrogens with zero attached hydrogens (tertiary/aromatic N) is 1. The first-order chi connectivity index (χ1) is 11.2. The molecule has 0 bridgehead atoms. The van der Waals surface area contributed by atoms with Crippen LogP contribution in [0.1, 0.15) is 23.1 Å². The Morgan fingerprint density at radius 2 is 1.96 bits per heavy atom. The molecule has 0 saturated carbocycles. The number of aryl methyl sites for hydroxylation is 1. The van der Waals surface area contributed by atoms with Gasteiger partial charge in [-0.15, -0.1) is 12.4 Å². The number of rotatable bonds is 5. The van der Waals surface area contributed by atoms with Crippen molar-refractivity contribution in [1.29, 1.82) is 0 Å². The normalized spacial score (nSPS) is 13.5. The summed E-state index contributed by atoms with van der Waals surface area (Å²) in [5, 5.41) is 0.772. The molecule has 0 amide bonds. The molecule has 2 aromatic carbocycles. The molecule has 0 radical (unpaired) electrons. The van der Waals surface area contributed by atoms with Gasteiger partial charge in [0.2, 0.25) is 0 Å². The van der Waals surface area contributed by atoms with E-state index in [9.17, 15) is 0 Å². The lowest BCUT2D eigenvalue weighted by Crippen LogP contribution is -2.18. The van der Waals surface area contributed by atoms with Crippen molar-refractivity contribution in [2.24, 2.45) is 0 Å². The van der Waals surface area contributed by atoms with Crippen LogP contribution in [0.25, 0.3) is 6.08 Å². The molecule has 3 rings (SSSR count). The Kier molecular flexibility index (Phi) is 7.16. The first kappa shape index (κ1) is 18.9. The Hall–Kier alpha value is -1.48. The minimum Gasteiger partial charge on any atom is -0.493 e. The lowest BCUT2D eigenvalue weighted by atomic mass is 10.0. The number of ether oxygens (including phenoxy) is 1. The van der Waals surface area contributed by atoms with Crippen LogP contribution in [0.4, 0.5) is 0 Å². The van der Waals surface area contributed by atoms with E-state index in [-0.39, 0.29) is 12.4 Å². The van der Waals surface area contributed by atoms with E-state index in [1.807, 2.05) is 24.3 Å². The molecule has 0 fully saturated rings. The molecule has 128 valence electrons. The molecule has 0 aromatic heterocycles. The summed E-state index contributed by atoms with van der Waals surface area (Å²) in [5.74, 6) is 1.07. The number of halogens is 2. The molecule has 2 nitrogen and oxygen atoms in total. The van der Waals surface area contributed by atoms with Gasteiger partial charge in [-0.1, -0.05) is 48.0 Å². The van der Waals surface area contributed by atoms with Crippen LogP contribution in [0.5, 0.6) is 5.75 Å². The first-order valence-corrected chi connectivity index (χ1v) is 8.44. The van der Waals surface area contributed by atoms with Gasteiger partial charge in [-0.05, 0) is 54.8 Å². The summed E-state index contributed by atoms with van der Waals surface area (Å²) in [5.41, 5.74) is 3.81. The molecule has 1 heterocycles. The van der Waals surface area contributed by atoms with Crippen molar-refractivity contribution in [2.75, 3.05) is 20.2 Å². The highest BCUT2D eigenvalue weighted by molar-refractivity contribution is 6.30. The number of benzene rings is 2. The average Bonchev–Trinajstić information content (AvgIpc) is 2.56. The van der Waals surface area contributed by atoms with E-state index in [0.717, 1.165) is 43.3 Å². The van der Waals surface area contributed by atoms with Crippen molar-refractivity contribution in [3.05, 3.63) is 70.3 Å². The molecule has 0 N–H and O–H groups in total. The van der Waals surface area contributed by atoms with Crippen molar-refractivity contribution < 1.29 is 4.74 Å². The minimum absolute atomic E-state index is 0. The predicted molar refractivity (Wildman–Crippen MR) is 104 cm³/mol. The summed E-state index contributed by atoms with van der Waals surface area (Å²) >= 11 is 5.89. The molecule has 0 spiro atoms. The molecule has 0 unspecified atom stereocenters. The Morgan fingerprint density at radius 1 is 1.17 bits per heavy atom. The predicted octanol–water partition coefficient (Wildman–Crippen LogP) is 5.23. The van der Waals surface area contributed by atoms with Gasteiger partial charge in [0.05, 0.1) is 6.61 Å². The third-order valence-corrected chi connectivity index (χ3v) is 4.28. The van der Waals surface area contributed by atoms with Crippen LogP contribution in [0.2, 0.25) is 5.02 Å². The number of likely N-dealkylation sites (N-methyl/N-ethyl adjacent to an activating group) is 1. The maximum Gasteiger partial charge on any atom is 0.122 e. The summed E-state index contributed by atoms with van der Waals surface area (Å²) in [6.07, 6.45) is 6.57. The zero-order valence-corrected chi connectivity index (χ0v) is 15.4. The van der Waals surface area contributed by atoms with Crippen molar-refractivity contribution in [3.63, 3.8) is 0 Å².